The van der Waals surface area contributed by atoms with E-state index in [2.05, 4.69) is 9.71 Å². The van der Waals surface area contributed by atoms with Gasteiger partial charge in [-0.2, -0.15) is 26.3 Å². The van der Waals surface area contributed by atoms with E-state index in [0.29, 0.717) is 0 Å². The van der Waals surface area contributed by atoms with E-state index in [0.717, 1.165) is 10.8 Å². The van der Waals surface area contributed by atoms with Gasteiger partial charge in [0.2, 0.25) is 15.9 Å². The molecule has 12 nitrogen and oxygen atoms in total. The highest BCUT2D eigenvalue weighted by atomic mass is 32.2. The first-order valence-corrected chi connectivity index (χ1v) is 17.6. The molecule has 1 aliphatic rings. The summed E-state index contributed by atoms with van der Waals surface area (Å²) in [7, 11) is -1.73. The molecule has 1 saturated carbocycles. The van der Waals surface area contributed by atoms with Crippen LogP contribution >= 0.6 is 0 Å². The standard InChI is InChI=1S/C35H31F6N3O9S/c1-18-13-19(15-54(48,49)43-32(47)33(10-11-33)26-24(50-2)9-8-23(45)30(26)51-3)6-7-22(18)44-14-21-25(31(44)46)28(52-16-34(36,37)38)20-5-4-12-42-27(20)29(21)53-17-35(39,40)41/h4-9,12-14,42,45H,10-11,15-17H2,1-3H3,(H,43,47). The van der Waals surface area contributed by atoms with Crippen LogP contribution in [0.5, 0.6) is 28.7 Å². The van der Waals surface area contributed by atoms with E-state index in [4.69, 9.17) is 18.9 Å². The fourth-order valence-electron chi connectivity index (χ4n) is 6.42. The van der Waals surface area contributed by atoms with Crippen molar-refractivity contribution in [2.45, 2.75) is 43.3 Å². The number of aromatic nitrogens is 2. The van der Waals surface area contributed by atoms with Gasteiger partial charge in [-0.1, -0.05) is 12.1 Å². The number of alkyl halides is 6. The third kappa shape index (κ3) is 7.31. The molecule has 0 spiro atoms. The Morgan fingerprint density at radius 2 is 1.61 bits per heavy atom. The summed E-state index contributed by atoms with van der Waals surface area (Å²) in [4.78, 5) is 30.1. The minimum atomic E-state index is -4.83. The summed E-state index contributed by atoms with van der Waals surface area (Å²) in [6, 6.07) is 9.41. The molecule has 3 N–H and O–H groups in total. The number of sulfonamides is 1. The lowest BCUT2D eigenvalue weighted by Gasteiger charge is -2.22. The van der Waals surface area contributed by atoms with E-state index in [1.54, 1.807) is 0 Å². The molecule has 0 saturated heterocycles. The van der Waals surface area contributed by atoms with Crippen LogP contribution in [0, 0.1) is 6.92 Å². The zero-order chi connectivity index (χ0) is 39.4. The van der Waals surface area contributed by atoms with Crippen molar-refractivity contribution >= 4 is 37.6 Å². The van der Waals surface area contributed by atoms with Crippen LogP contribution in [0.1, 0.15) is 29.5 Å². The lowest BCUT2D eigenvalue weighted by atomic mass is 9.92. The molecule has 1 fully saturated rings. The molecule has 0 bridgehead atoms. The summed E-state index contributed by atoms with van der Waals surface area (Å²) in [6.07, 6.45) is -6.76. The molecule has 0 atom stereocenters. The average Bonchev–Trinajstić information content (AvgIpc) is 3.83. The van der Waals surface area contributed by atoms with E-state index in [1.165, 1.54) is 69.8 Å². The molecule has 2 aromatic heterocycles. The number of aryl methyl sites for hydroxylation is 1. The zero-order valence-electron chi connectivity index (χ0n) is 28.6. The van der Waals surface area contributed by atoms with Crippen LogP contribution in [0.4, 0.5) is 26.3 Å². The number of carbonyl (C=O) groups is 1. The Hall–Kier alpha value is -5.59. The number of methoxy groups -OCH3 is 2. The Balaban J connectivity index is 1.35. The van der Waals surface area contributed by atoms with Crippen molar-refractivity contribution in [3.05, 3.63) is 81.9 Å². The Morgan fingerprint density at radius 1 is 0.944 bits per heavy atom. The maximum absolute atomic E-state index is 13.9. The number of hydrogen-bond donors (Lipinski definition) is 3. The van der Waals surface area contributed by atoms with Crippen molar-refractivity contribution in [1.29, 1.82) is 0 Å². The zero-order valence-corrected chi connectivity index (χ0v) is 29.4. The Labute approximate surface area is 302 Å². The second-order valence-corrected chi connectivity index (χ2v) is 14.3. The smallest absolute Gasteiger partial charge is 0.422 e. The summed E-state index contributed by atoms with van der Waals surface area (Å²) < 4.78 is 130. The van der Waals surface area contributed by atoms with Crippen LogP contribution in [0.25, 0.3) is 27.4 Å². The minimum absolute atomic E-state index is 0.0367. The number of nitrogens with zero attached hydrogens (tertiary/aromatic N) is 1. The average molecular weight is 784 g/mol. The van der Waals surface area contributed by atoms with Gasteiger partial charge in [0.1, 0.15) is 11.5 Å². The third-order valence-corrected chi connectivity index (χ3v) is 10.0. The van der Waals surface area contributed by atoms with Gasteiger partial charge in [-0.05, 0) is 61.2 Å². The fourth-order valence-corrected chi connectivity index (χ4v) is 7.59. The molecule has 3 aromatic carbocycles. The van der Waals surface area contributed by atoms with Crippen molar-refractivity contribution in [1.82, 2.24) is 14.3 Å². The summed E-state index contributed by atoms with van der Waals surface area (Å²) in [5.74, 6) is -2.67. The summed E-state index contributed by atoms with van der Waals surface area (Å²) >= 11 is 0. The molecule has 0 aliphatic heterocycles. The lowest BCUT2D eigenvalue weighted by molar-refractivity contribution is -0.154. The van der Waals surface area contributed by atoms with Crippen LogP contribution in [0.2, 0.25) is 0 Å². The maximum Gasteiger partial charge on any atom is 0.422 e. The molecule has 6 rings (SSSR count). The number of amides is 1. The quantitative estimate of drug-likeness (QED) is 0.128. The van der Waals surface area contributed by atoms with Crippen molar-refractivity contribution in [3.8, 4) is 34.4 Å². The van der Waals surface area contributed by atoms with E-state index in [1.807, 2.05) is 0 Å². The minimum Gasteiger partial charge on any atom is -0.504 e. The Bertz CT molecular complexity index is 2450. The van der Waals surface area contributed by atoms with Gasteiger partial charge in [0, 0.05) is 17.8 Å². The third-order valence-electron chi connectivity index (χ3n) is 8.83. The number of aromatic hydroxyl groups is 1. The number of halogens is 6. The second-order valence-electron chi connectivity index (χ2n) is 12.6. The van der Waals surface area contributed by atoms with Gasteiger partial charge in [-0.15, -0.1) is 0 Å². The SMILES string of the molecule is COc1ccc(O)c(OC)c1C1(C(=O)NS(=O)(=O)Cc2ccc(-n3cc4c(OCC(F)(F)F)c5[nH]cccc5c(OCC(F)(F)F)c4c3=O)c(C)c2)CC1. The van der Waals surface area contributed by atoms with E-state index in [-0.39, 0.29) is 68.8 Å². The molecule has 288 valence electrons. The molecule has 1 amide bonds. The number of nitrogens with one attached hydrogen (secondary N) is 2. The van der Waals surface area contributed by atoms with E-state index in [9.17, 15) is 49.5 Å². The molecule has 54 heavy (non-hydrogen) atoms. The van der Waals surface area contributed by atoms with Gasteiger partial charge in [-0.3, -0.25) is 18.9 Å². The fraction of sp³-hybridized carbons (Fsp3) is 0.314. The van der Waals surface area contributed by atoms with Gasteiger partial charge in [0.05, 0.1) is 52.9 Å². The van der Waals surface area contributed by atoms with Crippen molar-refractivity contribution in [2.75, 3.05) is 27.4 Å². The van der Waals surface area contributed by atoms with Gasteiger partial charge >= 0.3 is 12.4 Å². The number of pyridine rings is 1. The second kappa shape index (κ2) is 13.7. The molecular weight excluding hydrogens is 752 g/mol. The predicted octanol–water partition coefficient (Wildman–Crippen LogP) is 6.06. The predicted molar refractivity (Wildman–Crippen MR) is 182 cm³/mol. The van der Waals surface area contributed by atoms with Crippen molar-refractivity contribution in [2.24, 2.45) is 0 Å². The van der Waals surface area contributed by atoms with Crippen LogP contribution in [0.3, 0.4) is 0 Å². The summed E-state index contributed by atoms with van der Waals surface area (Å²) in [5, 5.41) is 9.43. The number of fused-ring (bicyclic) bond motifs is 2. The van der Waals surface area contributed by atoms with Crippen molar-refractivity contribution in [3.63, 3.8) is 0 Å². The molecule has 1 aliphatic carbocycles. The van der Waals surface area contributed by atoms with Gasteiger partial charge in [0.25, 0.3) is 5.56 Å². The normalized spacial score (nSPS) is 14.2. The molecular formula is C35H31F6N3O9S. The first-order valence-electron chi connectivity index (χ1n) is 16.0. The number of benzene rings is 3. The first kappa shape index (κ1) is 38.1. The Kier molecular flexibility index (Phi) is 9.66. The van der Waals surface area contributed by atoms with Gasteiger partial charge in [0.15, 0.2) is 30.5 Å². The largest absolute Gasteiger partial charge is 0.504 e. The van der Waals surface area contributed by atoms with Crippen LogP contribution in [0.15, 0.2) is 59.7 Å². The van der Waals surface area contributed by atoms with Gasteiger partial charge in [-0.25, -0.2) is 8.42 Å². The first-order chi connectivity index (χ1) is 25.3. The summed E-state index contributed by atoms with van der Waals surface area (Å²) in [5.41, 5.74) is -1.72. The lowest BCUT2D eigenvalue weighted by Crippen LogP contribution is -2.39. The highest BCUT2D eigenvalue weighted by Crippen LogP contribution is 2.57. The van der Waals surface area contributed by atoms with Crippen LogP contribution in [-0.4, -0.2) is 68.8 Å². The van der Waals surface area contributed by atoms with Crippen LogP contribution < -0.4 is 29.2 Å². The van der Waals surface area contributed by atoms with E-state index < -0.39 is 75.1 Å². The number of carbonyl (C=O) groups excluding carboxylic acids is 1. The number of rotatable bonds is 12. The maximum atomic E-state index is 13.9. The highest BCUT2D eigenvalue weighted by molar-refractivity contribution is 7.89. The van der Waals surface area contributed by atoms with Crippen LogP contribution in [-0.2, 0) is 26.0 Å². The van der Waals surface area contributed by atoms with E-state index >= 15 is 0 Å². The number of phenolic OH excluding ortho intramolecular Hbond substituents is 1. The van der Waals surface area contributed by atoms with Crippen molar-refractivity contribution < 1.29 is 63.6 Å². The molecule has 0 radical (unpaired) electrons. The monoisotopic (exact) mass is 783 g/mol. The molecule has 0 unspecified atom stereocenters. The topological polar surface area (TPSA) is 158 Å². The molecule has 2 heterocycles. The number of hydrogen-bond acceptors (Lipinski definition) is 9. The number of H-pyrrole nitrogens is 1. The highest BCUT2D eigenvalue weighted by Gasteiger charge is 2.56. The number of phenols is 1. The summed E-state index contributed by atoms with van der Waals surface area (Å²) in [6.45, 7) is -2.09. The molecule has 19 heteroatoms. The molecule has 5 aromatic rings. The van der Waals surface area contributed by atoms with Gasteiger partial charge < -0.3 is 29.0 Å². The number of ether oxygens (including phenoxy) is 4. The number of aromatic amines is 1. The Morgan fingerprint density at radius 3 is 2.20 bits per heavy atom.